The monoisotopic (exact) mass is 424 g/mol. The summed E-state index contributed by atoms with van der Waals surface area (Å²) in [7, 11) is -3.12. The number of sulfone groups is 1. The van der Waals surface area contributed by atoms with Gasteiger partial charge in [-0.15, -0.1) is 0 Å². The quantitative estimate of drug-likeness (QED) is 0.374. The van der Waals surface area contributed by atoms with Crippen LogP contribution in [0.5, 0.6) is 0 Å². The van der Waals surface area contributed by atoms with Gasteiger partial charge < -0.3 is 0 Å². The third kappa shape index (κ3) is 7.23. The van der Waals surface area contributed by atoms with Crippen LogP contribution in [0.3, 0.4) is 0 Å². The van der Waals surface area contributed by atoms with Gasteiger partial charge in [0.1, 0.15) is 0 Å². The van der Waals surface area contributed by atoms with Crippen molar-refractivity contribution in [2.75, 3.05) is 11.1 Å². The van der Waals surface area contributed by atoms with Crippen molar-refractivity contribution in [1.82, 2.24) is 0 Å². The molecule has 2 nitrogen and oxygen atoms in total. The first-order valence-electron chi connectivity index (χ1n) is 7.10. The SMILES string of the molecule is O=S(=O)(CCCCCCCCCBr)c1cccc(Br)c1. The maximum Gasteiger partial charge on any atom is 0.178 e. The molecule has 0 aliphatic carbocycles. The van der Waals surface area contributed by atoms with E-state index in [4.69, 9.17) is 0 Å². The van der Waals surface area contributed by atoms with Crippen molar-refractivity contribution < 1.29 is 8.42 Å². The molecule has 0 radical (unpaired) electrons. The van der Waals surface area contributed by atoms with Crippen LogP contribution in [0.4, 0.5) is 0 Å². The Kier molecular flexibility index (Phi) is 9.05. The van der Waals surface area contributed by atoms with Gasteiger partial charge in [0.05, 0.1) is 10.6 Å². The van der Waals surface area contributed by atoms with Crippen LogP contribution in [0.25, 0.3) is 0 Å². The topological polar surface area (TPSA) is 34.1 Å². The van der Waals surface area contributed by atoms with Crippen LogP contribution in [0.1, 0.15) is 44.9 Å². The molecule has 0 aliphatic rings. The van der Waals surface area contributed by atoms with E-state index in [9.17, 15) is 8.42 Å². The average molecular weight is 426 g/mol. The Labute approximate surface area is 139 Å². The molecule has 0 amide bonds. The standard InChI is InChI=1S/C15H22Br2O2S/c16-11-6-4-2-1-3-5-7-12-20(18,19)15-10-8-9-14(17)13-15/h8-10,13H,1-7,11-12H2. The zero-order chi connectivity index (χ0) is 14.8. The first kappa shape index (κ1) is 18.2. The number of unbranched alkanes of at least 4 members (excludes halogenated alkanes) is 6. The molecule has 0 aromatic heterocycles. The minimum Gasteiger partial charge on any atom is -0.224 e. The molecule has 0 atom stereocenters. The predicted octanol–water partition coefficient (Wildman–Crippen LogP) is 5.35. The molecule has 20 heavy (non-hydrogen) atoms. The molecule has 1 rings (SSSR count). The van der Waals surface area contributed by atoms with E-state index < -0.39 is 9.84 Å². The molecule has 0 N–H and O–H groups in total. The van der Waals surface area contributed by atoms with Crippen LogP contribution in [-0.4, -0.2) is 19.5 Å². The van der Waals surface area contributed by atoms with E-state index in [-0.39, 0.29) is 5.75 Å². The van der Waals surface area contributed by atoms with Gasteiger partial charge in [0.25, 0.3) is 0 Å². The van der Waals surface area contributed by atoms with Gasteiger partial charge in [0.2, 0.25) is 0 Å². The first-order chi connectivity index (χ1) is 9.56. The maximum absolute atomic E-state index is 12.1. The van der Waals surface area contributed by atoms with Gasteiger partial charge in [0, 0.05) is 9.80 Å². The second-order valence-electron chi connectivity index (χ2n) is 4.94. The lowest BCUT2D eigenvalue weighted by molar-refractivity contribution is 0.579. The zero-order valence-corrected chi connectivity index (χ0v) is 15.6. The minimum atomic E-state index is -3.12. The molecule has 0 saturated carbocycles. The van der Waals surface area contributed by atoms with Crippen LogP contribution in [-0.2, 0) is 9.84 Å². The number of alkyl halides is 1. The molecule has 0 bridgehead atoms. The van der Waals surface area contributed by atoms with E-state index in [1.54, 1.807) is 18.2 Å². The fourth-order valence-corrected chi connectivity index (χ4v) is 4.41. The fourth-order valence-electron chi connectivity index (χ4n) is 2.05. The summed E-state index contributed by atoms with van der Waals surface area (Å²) >= 11 is 6.73. The Morgan fingerprint density at radius 3 is 2.10 bits per heavy atom. The molecule has 0 fully saturated rings. The van der Waals surface area contributed by atoms with E-state index in [1.807, 2.05) is 6.07 Å². The molecule has 0 aliphatic heterocycles. The highest BCUT2D eigenvalue weighted by Gasteiger charge is 2.13. The summed E-state index contributed by atoms with van der Waals surface area (Å²) in [5, 5.41) is 1.08. The third-order valence-electron chi connectivity index (χ3n) is 3.20. The van der Waals surface area contributed by atoms with E-state index in [0.29, 0.717) is 4.90 Å². The Bertz CT molecular complexity index is 486. The van der Waals surface area contributed by atoms with E-state index in [2.05, 4.69) is 31.9 Å². The highest BCUT2D eigenvalue weighted by molar-refractivity contribution is 9.10. The van der Waals surface area contributed by atoms with Gasteiger partial charge in [-0.3, -0.25) is 0 Å². The van der Waals surface area contributed by atoms with Crippen molar-refractivity contribution in [2.45, 2.75) is 49.8 Å². The second-order valence-corrected chi connectivity index (χ2v) is 8.76. The second kappa shape index (κ2) is 9.96. The smallest absolute Gasteiger partial charge is 0.178 e. The minimum absolute atomic E-state index is 0.255. The van der Waals surface area contributed by atoms with Crippen molar-refractivity contribution in [3.05, 3.63) is 28.7 Å². The highest BCUT2D eigenvalue weighted by Crippen LogP contribution is 2.18. The Morgan fingerprint density at radius 1 is 0.900 bits per heavy atom. The lowest BCUT2D eigenvalue weighted by atomic mass is 10.1. The van der Waals surface area contributed by atoms with Gasteiger partial charge in [0.15, 0.2) is 9.84 Å². The van der Waals surface area contributed by atoms with Gasteiger partial charge in [-0.1, -0.05) is 70.0 Å². The molecule has 114 valence electrons. The number of halogens is 2. The summed E-state index contributed by atoms with van der Waals surface area (Å²) < 4.78 is 25.1. The molecule has 0 spiro atoms. The molecule has 0 heterocycles. The Balaban J connectivity index is 2.24. The largest absolute Gasteiger partial charge is 0.224 e. The van der Waals surface area contributed by atoms with Gasteiger partial charge in [-0.2, -0.15) is 0 Å². The van der Waals surface area contributed by atoms with Crippen LogP contribution in [0.15, 0.2) is 33.6 Å². The lowest BCUT2D eigenvalue weighted by Gasteiger charge is -2.05. The molecule has 0 unspecified atom stereocenters. The number of rotatable bonds is 10. The van der Waals surface area contributed by atoms with Gasteiger partial charge >= 0.3 is 0 Å². The highest BCUT2D eigenvalue weighted by atomic mass is 79.9. The maximum atomic E-state index is 12.1. The fraction of sp³-hybridized carbons (Fsp3) is 0.600. The van der Waals surface area contributed by atoms with Crippen molar-refractivity contribution in [3.8, 4) is 0 Å². The predicted molar refractivity (Wildman–Crippen MR) is 92.3 cm³/mol. The van der Waals surface area contributed by atoms with Crippen molar-refractivity contribution in [3.63, 3.8) is 0 Å². The number of benzene rings is 1. The van der Waals surface area contributed by atoms with E-state index >= 15 is 0 Å². The molecule has 0 saturated heterocycles. The summed E-state index contributed by atoms with van der Waals surface area (Å²) in [6.07, 6.45) is 7.86. The molecular weight excluding hydrogens is 404 g/mol. The molecule has 5 heteroatoms. The molecule has 1 aromatic carbocycles. The first-order valence-corrected chi connectivity index (χ1v) is 10.7. The molecular formula is C15H22Br2O2S. The van der Waals surface area contributed by atoms with E-state index in [1.165, 1.54) is 25.7 Å². The third-order valence-corrected chi connectivity index (χ3v) is 6.05. The van der Waals surface area contributed by atoms with Gasteiger partial charge in [-0.25, -0.2) is 8.42 Å². The molecule has 1 aromatic rings. The Hall–Kier alpha value is 0.130. The Morgan fingerprint density at radius 2 is 1.50 bits per heavy atom. The number of hydrogen-bond donors (Lipinski definition) is 0. The summed E-state index contributed by atoms with van der Waals surface area (Å²) in [6, 6.07) is 6.95. The summed E-state index contributed by atoms with van der Waals surface area (Å²) in [5.41, 5.74) is 0. The van der Waals surface area contributed by atoms with Crippen molar-refractivity contribution in [2.24, 2.45) is 0 Å². The van der Waals surface area contributed by atoms with Crippen molar-refractivity contribution >= 4 is 41.7 Å². The summed E-state index contributed by atoms with van der Waals surface area (Å²) in [6.45, 7) is 0. The number of hydrogen-bond acceptors (Lipinski definition) is 2. The van der Waals surface area contributed by atoms with Crippen LogP contribution >= 0.6 is 31.9 Å². The average Bonchev–Trinajstić information content (AvgIpc) is 2.42. The van der Waals surface area contributed by atoms with Crippen LogP contribution in [0, 0.1) is 0 Å². The van der Waals surface area contributed by atoms with Gasteiger partial charge in [-0.05, 0) is 31.0 Å². The lowest BCUT2D eigenvalue weighted by Crippen LogP contribution is -2.06. The summed E-state index contributed by atoms with van der Waals surface area (Å²) in [4.78, 5) is 0.421. The summed E-state index contributed by atoms with van der Waals surface area (Å²) in [5.74, 6) is 0.255. The van der Waals surface area contributed by atoms with Crippen LogP contribution < -0.4 is 0 Å². The zero-order valence-electron chi connectivity index (χ0n) is 11.7. The van der Waals surface area contributed by atoms with Crippen LogP contribution in [0.2, 0.25) is 0 Å². The normalized spacial score (nSPS) is 11.7. The van der Waals surface area contributed by atoms with Crippen molar-refractivity contribution in [1.29, 1.82) is 0 Å². The van der Waals surface area contributed by atoms with E-state index in [0.717, 1.165) is 29.1 Å².